The van der Waals surface area contributed by atoms with Gasteiger partial charge in [0.2, 0.25) is 10.0 Å². The molecule has 1 aliphatic carbocycles. The van der Waals surface area contributed by atoms with Crippen molar-refractivity contribution in [2.75, 3.05) is 6.54 Å². The third kappa shape index (κ3) is 3.61. The fraction of sp³-hybridized carbons (Fsp3) is 0.348. The van der Waals surface area contributed by atoms with E-state index in [2.05, 4.69) is 4.98 Å². The van der Waals surface area contributed by atoms with E-state index in [1.807, 2.05) is 6.07 Å². The molecule has 1 saturated heterocycles. The minimum absolute atomic E-state index is 0.00359. The normalized spacial score (nSPS) is 26.2. The highest BCUT2D eigenvalue weighted by Gasteiger charge is 2.58. The van der Waals surface area contributed by atoms with Crippen LogP contribution in [0.25, 0.3) is 10.9 Å². The van der Waals surface area contributed by atoms with E-state index < -0.39 is 10.0 Å². The number of fused-ring (bicyclic) bond motifs is 1. The zero-order chi connectivity index (χ0) is 20.9. The third-order valence-corrected chi connectivity index (χ3v) is 8.69. The molecule has 1 aromatic heterocycles. The van der Waals surface area contributed by atoms with Crippen molar-refractivity contribution in [1.82, 2.24) is 9.29 Å². The fourth-order valence-electron chi connectivity index (χ4n) is 4.86. The molecular weight excluding hydrogens is 423 g/mol. The molecule has 30 heavy (non-hydrogen) atoms. The van der Waals surface area contributed by atoms with Gasteiger partial charge >= 0.3 is 0 Å². The molecule has 1 saturated carbocycles. The van der Waals surface area contributed by atoms with Gasteiger partial charge in [0.05, 0.1) is 11.3 Å². The van der Waals surface area contributed by atoms with E-state index in [-0.39, 0.29) is 17.1 Å². The van der Waals surface area contributed by atoms with E-state index in [1.165, 1.54) is 6.07 Å². The highest BCUT2D eigenvalue weighted by Crippen LogP contribution is 2.51. The van der Waals surface area contributed by atoms with Gasteiger partial charge in [0.25, 0.3) is 0 Å². The van der Waals surface area contributed by atoms with Crippen molar-refractivity contribution in [1.29, 1.82) is 0 Å². The monoisotopic (exact) mass is 444 g/mol. The van der Waals surface area contributed by atoms with Gasteiger partial charge in [-0.3, -0.25) is 4.98 Å². The Morgan fingerprint density at radius 3 is 2.57 bits per heavy atom. The Kier molecular flexibility index (Phi) is 4.84. The van der Waals surface area contributed by atoms with Crippen LogP contribution < -0.4 is 0 Å². The molecule has 1 aliphatic heterocycles. The number of pyridine rings is 1. The lowest BCUT2D eigenvalue weighted by Gasteiger charge is -2.30. The first-order valence-electron chi connectivity index (χ1n) is 10.2. The van der Waals surface area contributed by atoms with Crippen molar-refractivity contribution in [3.05, 3.63) is 76.7 Å². The Morgan fingerprint density at radius 1 is 1.10 bits per heavy atom. The Labute approximate surface area is 180 Å². The predicted molar refractivity (Wildman–Crippen MR) is 116 cm³/mol. The standard InChI is InChI=1S/C23H22ClFN2O2S/c24-18-3-1-16(2-4-18)14-30(28,29)27-15-23(27)10-7-17(8-11-23)20-9-12-26-22-6-5-19(25)13-21(20)22/h1-6,9,12-13,17H,7-8,10-11,14-15H2. The van der Waals surface area contributed by atoms with Crippen LogP contribution in [0.15, 0.2) is 54.7 Å². The zero-order valence-corrected chi connectivity index (χ0v) is 18.0. The SMILES string of the molecule is O=S(=O)(Cc1ccc(Cl)cc1)N1CC12CCC(c1ccnc3ccc(F)cc13)CC2. The second kappa shape index (κ2) is 7.29. The van der Waals surface area contributed by atoms with Crippen LogP contribution >= 0.6 is 11.6 Å². The maximum absolute atomic E-state index is 13.8. The summed E-state index contributed by atoms with van der Waals surface area (Å²) in [6.45, 7) is 0.599. The Hall–Kier alpha value is -2.02. The minimum atomic E-state index is -3.35. The summed E-state index contributed by atoms with van der Waals surface area (Å²) in [5.41, 5.74) is 2.43. The summed E-state index contributed by atoms with van der Waals surface area (Å²) < 4.78 is 41.3. The van der Waals surface area contributed by atoms with Crippen LogP contribution in [0.4, 0.5) is 4.39 Å². The topological polar surface area (TPSA) is 50.0 Å². The Balaban J connectivity index is 1.30. The van der Waals surface area contributed by atoms with Gasteiger partial charge in [-0.2, -0.15) is 4.31 Å². The van der Waals surface area contributed by atoms with Gasteiger partial charge in [0, 0.05) is 28.7 Å². The zero-order valence-electron chi connectivity index (χ0n) is 16.4. The van der Waals surface area contributed by atoms with Crippen LogP contribution in [0, 0.1) is 5.82 Å². The molecule has 7 heteroatoms. The summed E-state index contributed by atoms with van der Waals surface area (Å²) in [7, 11) is -3.35. The molecule has 3 aromatic rings. The molecule has 5 rings (SSSR count). The molecule has 1 unspecified atom stereocenters. The highest BCUT2D eigenvalue weighted by molar-refractivity contribution is 7.88. The molecule has 1 atom stereocenters. The van der Waals surface area contributed by atoms with Gasteiger partial charge in [-0.25, -0.2) is 12.8 Å². The van der Waals surface area contributed by atoms with Crippen LogP contribution in [-0.2, 0) is 15.8 Å². The number of hydrogen-bond acceptors (Lipinski definition) is 3. The minimum Gasteiger partial charge on any atom is -0.256 e. The van der Waals surface area contributed by atoms with Gasteiger partial charge in [0.15, 0.2) is 0 Å². The number of benzene rings is 2. The molecule has 156 valence electrons. The van der Waals surface area contributed by atoms with E-state index in [0.717, 1.165) is 47.7 Å². The number of sulfonamides is 1. The maximum atomic E-state index is 13.8. The lowest BCUT2D eigenvalue weighted by molar-refractivity contribution is 0.336. The fourth-order valence-corrected chi connectivity index (χ4v) is 6.97. The van der Waals surface area contributed by atoms with Crippen LogP contribution in [0.2, 0.25) is 5.02 Å². The number of aromatic nitrogens is 1. The van der Waals surface area contributed by atoms with Crippen molar-refractivity contribution in [3.8, 4) is 0 Å². The van der Waals surface area contributed by atoms with Crippen molar-refractivity contribution in [2.45, 2.75) is 42.9 Å². The number of rotatable bonds is 4. The second-order valence-corrected chi connectivity index (χ2v) is 10.8. The van der Waals surface area contributed by atoms with Crippen molar-refractivity contribution >= 4 is 32.5 Å². The van der Waals surface area contributed by atoms with Gasteiger partial charge in [0.1, 0.15) is 5.82 Å². The average molecular weight is 445 g/mol. The second-order valence-electron chi connectivity index (χ2n) is 8.45. The molecule has 0 radical (unpaired) electrons. The van der Waals surface area contributed by atoms with Crippen LogP contribution in [-0.4, -0.2) is 29.8 Å². The molecule has 2 heterocycles. The maximum Gasteiger partial charge on any atom is 0.218 e. The molecule has 0 amide bonds. The lowest BCUT2D eigenvalue weighted by Crippen LogP contribution is -2.29. The third-order valence-electron chi connectivity index (χ3n) is 6.56. The van der Waals surface area contributed by atoms with Crippen LogP contribution in [0.1, 0.15) is 42.7 Å². The quantitative estimate of drug-likeness (QED) is 0.515. The Bertz CT molecular complexity index is 1210. The van der Waals surface area contributed by atoms with Crippen LogP contribution in [0.3, 0.4) is 0 Å². The number of halogens is 2. The number of nitrogens with zero attached hydrogens (tertiary/aromatic N) is 2. The lowest BCUT2D eigenvalue weighted by atomic mass is 9.77. The highest BCUT2D eigenvalue weighted by atomic mass is 35.5. The molecule has 1 spiro atoms. The van der Waals surface area contributed by atoms with Gasteiger partial charge < -0.3 is 0 Å². The molecule has 0 N–H and O–H groups in total. The molecule has 2 aromatic carbocycles. The van der Waals surface area contributed by atoms with E-state index in [4.69, 9.17) is 11.6 Å². The van der Waals surface area contributed by atoms with Crippen molar-refractivity contribution < 1.29 is 12.8 Å². The predicted octanol–water partition coefficient (Wildman–Crippen LogP) is 5.27. The van der Waals surface area contributed by atoms with Crippen molar-refractivity contribution in [2.24, 2.45) is 0 Å². The summed E-state index contributed by atoms with van der Waals surface area (Å²) in [6, 6.07) is 13.7. The van der Waals surface area contributed by atoms with E-state index in [0.29, 0.717) is 17.5 Å². The molecular formula is C23H22ClFN2O2S. The van der Waals surface area contributed by atoms with E-state index >= 15 is 0 Å². The largest absolute Gasteiger partial charge is 0.256 e. The average Bonchev–Trinajstić information content (AvgIpc) is 3.44. The summed E-state index contributed by atoms with van der Waals surface area (Å²) in [4.78, 5) is 4.35. The summed E-state index contributed by atoms with van der Waals surface area (Å²) in [5, 5.41) is 1.46. The van der Waals surface area contributed by atoms with Gasteiger partial charge in [-0.05, 0) is 79.1 Å². The summed E-state index contributed by atoms with van der Waals surface area (Å²) in [5.74, 6) is 0.0407. The van der Waals surface area contributed by atoms with Gasteiger partial charge in [-0.1, -0.05) is 23.7 Å². The molecule has 2 aliphatic rings. The van der Waals surface area contributed by atoms with E-state index in [1.54, 1.807) is 46.9 Å². The van der Waals surface area contributed by atoms with E-state index in [9.17, 15) is 12.8 Å². The number of hydrogen-bond donors (Lipinski definition) is 0. The molecule has 4 nitrogen and oxygen atoms in total. The Morgan fingerprint density at radius 2 is 1.83 bits per heavy atom. The first-order chi connectivity index (χ1) is 14.4. The molecule has 2 fully saturated rings. The van der Waals surface area contributed by atoms with Crippen LogP contribution in [0.5, 0.6) is 0 Å². The van der Waals surface area contributed by atoms with Gasteiger partial charge in [-0.15, -0.1) is 0 Å². The summed E-state index contributed by atoms with van der Waals surface area (Å²) >= 11 is 5.90. The smallest absolute Gasteiger partial charge is 0.218 e. The molecule has 0 bridgehead atoms. The first-order valence-corrected chi connectivity index (χ1v) is 12.1. The van der Waals surface area contributed by atoms with Crippen molar-refractivity contribution in [3.63, 3.8) is 0 Å². The first kappa shape index (κ1) is 19.9. The summed E-state index contributed by atoms with van der Waals surface area (Å²) in [6.07, 6.45) is 5.22.